The number of hydrogen-bond donors (Lipinski definition) is 2. The summed E-state index contributed by atoms with van der Waals surface area (Å²) in [6, 6.07) is 16.6. The monoisotopic (exact) mass is 474 g/mol. The van der Waals surface area contributed by atoms with Crippen LogP contribution in [-0.2, 0) is 24.2 Å². The average Bonchev–Trinajstić information content (AvgIpc) is 3.48. The zero-order valence-corrected chi connectivity index (χ0v) is 20.3. The van der Waals surface area contributed by atoms with Gasteiger partial charge < -0.3 is 15.2 Å². The molecule has 1 aliphatic rings. The highest BCUT2D eigenvalue weighted by Gasteiger charge is 2.14. The molecule has 4 aromatic rings. The molecule has 0 bridgehead atoms. The van der Waals surface area contributed by atoms with Crippen molar-refractivity contribution < 1.29 is 4.79 Å². The predicted molar refractivity (Wildman–Crippen MR) is 137 cm³/mol. The van der Waals surface area contributed by atoms with Gasteiger partial charge in [0.2, 0.25) is 5.91 Å². The highest BCUT2D eigenvalue weighted by atomic mass is 32.1. The first-order valence-corrected chi connectivity index (χ1v) is 12.7. The lowest BCUT2D eigenvalue weighted by Crippen LogP contribution is -2.43. The van der Waals surface area contributed by atoms with Gasteiger partial charge in [-0.2, -0.15) is 0 Å². The molecule has 0 radical (unpaired) electrons. The number of aromatic amines is 1. The largest absolute Gasteiger partial charge is 0.355 e. The van der Waals surface area contributed by atoms with Crippen LogP contribution in [0.3, 0.4) is 0 Å². The van der Waals surface area contributed by atoms with Crippen LogP contribution < -0.4 is 5.32 Å². The first-order chi connectivity index (χ1) is 16.6. The number of benzene rings is 2. The zero-order valence-electron chi connectivity index (χ0n) is 19.5. The van der Waals surface area contributed by atoms with E-state index in [1.165, 1.54) is 5.56 Å². The molecule has 0 saturated carbocycles. The summed E-state index contributed by atoms with van der Waals surface area (Å²) in [5.41, 5.74) is 5.21. The number of amides is 1. The second-order valence-electron chi connectivity index (χ2n) is 8.90. The van der Waals surface area contributed by atoms with E-state index < -0.39 is 0 Å². The predicted octanol–water partition coefficient (Wildman–Crippen LogP) is 3.34. The number of nitrogens with zero attached hydrogens (tertiary/aromatic N) is 4. The molecule has 2 N–H and O–H groups in total. The number of hydrogen-bond acceptors (Lipinski definition) is 6. The lowest BCUT2D eigenvalue weighted by Gasteiger charge is -2.32. The Morgan fingerprint density at radius 2 is 1.85 bits per heavy atom. The van der Waals surface area contributed by atoms with Crippen molar-refractivity contribution in [3.05, 3.63) is 71.0 Å². The molecule has 2 aromatic carbocycles. The molecule has 1 fully saturated rings. The van der Waals surface area contributed by atoms with Crippen LogP contribution in [0.2, 0.25) is 0 Å². The lowest BCUT2D eigenvalue weighted by atomic mass is 10.1. The summed E-state index contributed by atoms with van der Waals surface area (Å²) in [4.78, 5) is 29.8. The Hall–Kier alpha value is -3.07. The van der Waals surface area contributed by atoms with Crippen molar-refractivity contribution in [2.24, 2.45) is 0 Å². The van der Waals surface area contributed by atoms with E-state index in [1.54, 1.807) is 11.3 Å². The number of imidazole rings is 1. The minimum Gasteiger partial charge on any atom is -0.355 e. The molecule has 0 spiro atoms. The quantitative estimate of drug-likeness (QED) is 0.410. The van der Waals surface area contributed by atoms with Crippen molar-refractivity contribution in [3.63, 3.8) is 0 Å². The number of carbonyl (C=O) groups is 1. The van der Waals surface area contributed by atoms with E-state index in [2.05, 4.69) is 56.4 Å². The molecule has 7 nitrogen and oxygen atoms in total. The van der Waals surface area contributed by atoms with Gasteiger partial charge in [0.15, 0.2) is 0 Å². The summed E-state index contributed by atoms with van der Waals surface area (Å²) in [6.45, 7) is 6.04. The smallest absolute Gasteiger partial charge is 0.226 e. The molecule has 1 saturated heterocycles. The van der Waals surface area contributed by atoms with Crippen molar-refractivity contribution in [1.82, 2.24) is 30.1 Å². The van der Waals surface area contributed by atoms with Crippen LogP contribution in [0.15, 0.2) is 53.9 Å². The Bertz CT molecular complexity index is 1210. The van der Waals surface area contributed by atoms with Crippen LogP contribution in [0, 0.1) is 0 Å². The van der Waals surface area contributed by atoms with Crippen LogP contribution >= 0.6 is 11.3 Å². The normalized spacial score (nSPS) is 15.1. The number of thiazole rings is 1. The van der Waals surface area contributed by atoms with E-state index >= 15 is 0 Å². The molecule has 0 unspecified atom stereocenters. The maximum absolute atomic E-state index is 12.4. The highest BCUT2D eigenvalue weighted by molar-refractivity contribution is 7.13. The molecular formula is C26H30N6OS. The van der Waals surface area contributed by atoms with Gasteiger partial charge in [-0.05, 0) is 24.7 Å². The molecule has 0 atom stereocenters. The summed E-state index contributed by atoms with van der Waals surface area (Å²) < 4.78 is 0. The van der Waals surface area contributed by atoms with Gasteiger partial charge in [0, 0.05) is 56.6 Å². The second kappa shape index (κ2) is 10.5. The van der Waals surface area contributed by atoms with E-state index in [9.17, 15) is 4.79 Å². The summed E-state index contributed by atoms with van der Waals surface area (Å²) >= 11 is 1.59. The Labute approximate surface area is 203 Å². The molecule has 34 heavy (non-hydrogen) atoms. The second-order valence-corrected chi connectivity index (χ2v) is 9.76. The van der Waals surface area contributed by atoms with E-state index in [4.69, 9.17) is 4.98 Å². The van der Waals surface area contributed by atoms with E-state index in [-0.39, 0.29) is 12.3 Å². The summed E-state index contributed by atoms with van der Waals surface area (Å²) in [7, 11) is 2.18. The molecule has 176 valence electrons. The standard InChI is InChI=1S/C26H30N6OS/c1-31-12-14-32(15-13-31)17-19-6-8-20(9-7-19)26-28-21(18-34-26)16-25(33)27-11-10-24-29-22-4-2-3-5-23(22)30-24/h2-9,18H,10-17H2,1H3,(H,27,33)(H,29,30). The maximum Gasteiger partial charge on any atom is 0.226 e. The first kappa shape index (κ1) is 22.7. The Morgan fingerprint density at radius 3 is 2.65 bits per heavy atom. The van der Waals surface area contributed by atoms with Gasteiger partial charge in [-0.1, -0.05) is 36.4 Å². The van der Waals surface area contributed by atoms with Gasteiger partial charge in [-0.25, -0.2) is 9.97 Å². The van der Waals surface area contributed by atoms with Crippen LogP contribution in [0.4, 0.5) is 0 Å². The number of para-hydroxylation sites is 2. The molecule has 5 rings (SSSR count). The van der Waals surface area contributed by atoms with Crippen molar-refractivity contribution in [3.8, 4) is 10.6 Å². The van der Waals surface area contributed by atoms with Gasteiger partial charge in [0.25, 0.3) is 0 Å². The molecule has 1 aliphatic heterocycles. The fourth-order valence-corrected chi connectivity index (χ4v) is 5.03. The first-order valence-electron chi connectivity index (χ1n) is 11.8. The van der Waals surface area contributed by atoms with Gasteiger partial charge in [0.1, 0.15) is 10.8 Å². The molecule has 2 aromatic heterocycles. The Kier molecular flexibility index (Phi) is 6.99. The number of H-pyrrole nitrogens is 1. The fraction of sp³-hybridized carbons (Fsp3) is 0.346. The molecular weight excluding hydrogens is 444 g/mol. The number of aromatic nitrogens is 3. The van der Waals surface area contributed by atoms with Crippen LogP contribution in [-0.4, -0.2) is 70.4 Å². The van der Waals surface area contributed by atoms with Gasteiger partial charge in [-0.15, -0.1) is 11.3 Å². The number of likely N-dealkylation sites (N-methyl/N-ethyl adjacent to an activating group) is 1. The van der Waals surface area contributed by atoms with Crippen LogP contribution in [0.1, 0.15) is 17.1 Å². The number of carbonyl (C=O) groups excluding carboxylic acids is 1. The van der Waals surface area contributed by atoms with Gasteiger partial charge >= 0.3 is 0 Å². The molecule has 3 heterocycles. The average molecular weight is 475 g/mol. The summed E-state index contributed by atoms with van der Waals surface area (Å²) in [6.07, 6.45) is 0.960. The Balaban J connectivity index is 1.10. The third-order valence-electron chi connectivity index (χ3n) is 6.22. The summed E-state index contributed by atoms with van der Waals surface area (Å²) in [5.74, 6) is 0.865. The van der Waals surface area contributed by atoms with Crippen molar-refractivity contribution in [2.45, 2.75) is 19.4 Å². The number of piperazine rings is 1. The third kappa shape index (κ3) is 5.70. The number of nitrogens with one attached hydrogen (secondary N) is 2. The topological polar surface area (TPSA) is 77.2 Å². The zero-order chi connectivity index (χ0) is 23.3. The Morgan fingerprint density at radius 1 is 1.06 bits per heavy atom. The third-order valence-corrected chi connectivity index (χ3v) is 7.16. The van der Waals surface area contributed by atoms with Gasteiger partial charge in [-0.3, -0.25) is 9.69 Å². The number of fused-ring (bicyclic) bond motifs is 1. The molecule has 8 heteroatoms. The summed E-state index contributed by atoms with van der Waals surface area (Å²) in [5, 5.41) is 5.91. The minimum absolute atomic E-state index is 0.0181. The number of rotatable bonds is 8. The molecule has 1 amide bonds. The van der Waals surface area contributed by atoms with E-state index in [0.717, 1.165) is 65.8 Å². The van der Waals surface area contributed by atoms with Gasteiger partial charge in [0.05, 0.1) is 23.1 Å². The lowest BCUT2D eigenvalue weighted by molar-refractivity contribution is -0.120. The van der Waals surface area contributed by atoms with Crippen molar-refractivity contribution in [1.29, 1.82) is 0 Å². The fourth-order valence-electron chi connectivity index (χ4n) is 4.21. The molecule has 0 aliphatic carbocycles. The van der Waals surface area contributed by atoms with Crippen LogP contribution in [0.5, 0.6) is 0 Å². The van der Waals surface area contributed by atoms with Crippen molar-refractivity contribution in [2.75, 3.05) is 39.8 Å². The van der Waals surface area contributed by atoms with E-state index in [0.29, 0.717) is 13.0 Å². The highest BCUT2D eigenvalue weighted by Crippen LogP contribution is 2.24. The van der Waals surface area contributed by atoms with Crippen molar-refractivity contribution >= 4 is 28.3 Å². The van der Waals surface area contributed by atoms with Crippen LogP contribution in [0.25, 0.3) is 21.6 Å². The maximum atomic E-state index is 12.4. The van der Waals surface area contributed by atoms with E-state index in [1.807, 2.05) is 29.6 Å². The SMILES string of the molecule is CN1CCN(Cc2ccc(-c3nc(CC(=O)NCCc4nc5ccccc5[nH]4)cs3)cc2)CC1. The minimum atomic E-state index is -0.0181.